The number of hydrogen-bond donors (Lipinski definition) is 0. The van der Waals surface area contributed by atoms with Gasteiger partial charge in [0.05, 0.1) is 5.69 Å². The molecule has 0 N–H and O–H groups in total. The number of allylic oxidation sites excluding steroid dienone is 2. The molecule has 3 heterocycles. The van der Waals surface area contributed by atoms with Gasteiger partial charge in [0.15, 0.2) is 0 Å². The third-order valence-corrected chi connectivity index (χ3v) is 9.34. The molecule has 1 aliphatic rings. The summed E-state index contributed by atoms with van der Waals surface area (Å²) in [4.78, 5) is 4.71. The van der Waals surface area contributed by atoms with E-state index >= 15 is 0 Å². The molecule has 3 aromatic carbocycles. The molecule has 1 aliphatic carbocycles. The van der Waals surface area contributed by atoms with Crippen LogP contribution in [0, 0.1) is 31.9 Å². The maximum atomic E-state index is 6.53. The first kappa shape index (κ1) is 32.0. The minimum atomic E-state index is 0. The van der Waals surface area contributed by atoms with Gasteiger partial charge in [0.2, 0.25) is 0 Å². The largest absolute Gasteiger partial charge is 2.00 e. The minimum absolute atomic E-state index is 0. The molecule has 0 spiro atoms. The van der Waals surface area contributed by atoms with Gasteiger partial charge in [-0.25, -0.2) is 4.98 Å². The van der Waals surface area contributed by atoms with Gasteiger partial charge in [-0.15, -0.1) is 35.7 Å². The number of fused-ring (bicyclic) bond motifs is 3. The Balaban J connectivity index is 0.00000372. The van der Waals surface area contributed by atoms with Crippen molar-refractivity contribution in [2.45, 2.75) is 73.1 Å². The second kappa shape index (κ2) is 13.0. The Hall–Kier alpha value is -3.95. The van der Waals surface area contributed by atoms with E-state index in [-0.39, 0.29) is 21.1 Å². The zero-order valence-electron chi connectivity index (χ0n) is 27.4. The molecule has 7 rings (SSSR count). The van der Waals surface area contributed by atoms with Crippen molar-refractivity contribution in [3.05, 3.63) is 119 Å². The predicted molar refractivity (Wildman–Crippen MR) is 183 cm³/mol. The van der Waals surface area contributed by atoms with Gasteiger partial charge in [-0.05, 0) is 80.3 Å². The van der Waals surface area contributed by atoms with E-state index < -0.39 is 0 Å². The van der Waals surface area contributed by atoms with Gasteiger partial charge >= 0.3 is 21.1 Å². The van der Waals surface area contributed by atoms with Crippen LogP contribution >= 0.6 is 0 Å². The van der Waals surface area contributed by atoms with Gasteiger partial charge in [0.25, 0.3) is 0 Å². The number of para-hydroxylation sites is 1. The summed E-state index contributed by atoms with van der Waals surface area (Å²) in [5.41, 5.74) is 10.5. The number of benzene rings is 3. The van der Waals surface area contributed by atoms with E-state index in [0.29, 0.717) is 23.3 Å². The van der Waals surface area contributed by atoms with Gasteiger partial charge in [-0.1, -0.05) is 63.1 Å². The minimum Gasteiger partial charge on any atom is -0.509 e. The van der Waals surface area contributed by atoms with Crippen LogP contribution in [0.1, 0.15) is 74.5 Å². The zero-order valence-corrected chi connectivity index (χ0v) is 29.7. The van der Waals surface area contributed by atoms with E-state index in [2.05, 4.69) is 111 Å². The van der Waals surface area contributed by atoms with E-state index in [1.54, 1.807) is 0 Å². The van der Waals surface area contributed by atoms with Crippen molar-refractivity contribution in [1.82, 2.24) is 19.3 Å². The molecular weight excluding hydrogens is 748 g/mol. The summed E-state index contributed by atoms with van der Waals surface area (Å²) in [6.45, 7) is 13.3. The van der Waals surface area contributed by atoms with Crippen LogP contribution < -0.4 is 4.74 Å². The molecule has 6 aromatic rings. The fourth-order valence-corrected chi connectivity index (χ4v) is 7.27. The molecule has 6 heteroatoms. The fraction of sp³-hybridized carbons (Fsp3) is 0.300. The molecule has 0 saturated heterocycles. The van der Waals surface area contributed by atoms with Gasteiger partial charge in [-0.3, -0.25) is 4.68 Å². The molecule has 1 unspecified atom stereocenters. The summed E-state index contributed by atoms with van der Waals surface area (Å²) in [6.07, 6.45) is 8.47. The van der Waals surface area contributed by atoms with Gasteiger partial charge < -0.3 is 9.30 Å². The Morgan fingerprint density at radius 1 is 0.891 bits per heavy atom. The van der Waals surface area contributed by atoms with Crippen molar-refractivity contribution in [1.29, 1.82) is 0 Å². The Bertz CT molecular complexity index is 2080. The molecule has 46 heavy (non-hydrogen) atoms. The van der Waals surface area contributed by atoms with Crippen molar-refractivity contribution in [3.63, 3.8) is 0 Å². The van der Waals surface area contributed by atoms with Crippen molar-refractivity contribution in [2.75, 3.05) is 0 Å². The molecule has 0 amide bonds. The van der Waals surface area contributed by atoms with Crippen LogP contribution in [0.5, 0.6) is 11.5 Å². The van der Waals surface area contributed by atoms with Crippen molar-refractivity contribution >= 4 is 21.8 Å². The van der Waals surface area contributed by atoms with Crippen molar-refractivity contribution < 1.29 is 25.8 Å². The third kappa shape index (κ3) is 5.64. The number of pyridine rings is 1. The summed E-state index contributed by atoms with van der Waals surface area (Å²) < 4.78 is 10.8. The average Bonchev–Trinajstić information content (AvgIpc) is 3.56. The zero-order chi connectivity index (χ0) is 31.2. The standard InChI is InChI=1S/C40H40N4O.Pt/c1-7-34-40(39-27(5)12-11-13-28(39)6)35(8-2)44(42-34)29-20-26(4)21-31(23-29)45-30-16-17-33-32-14-9-10-15-36(32)43(37(33)24-30)38-22-25(3)18-19-41-38;/h9-10,12,14-22,28,39H,7-8,11,13H2,1-6H3;/q-2;+2/t28-,39?;/m0./s1. The number of hydrogen-bond acceptors (Lipinski definition) is 3. The number of ether oxygens (including phenoxy) is 1. The van der Waals surface area contributed by atoms with Crippen LogP contribution in [-0.4, -0.2) is 19.3 Å². The summed E-state index contributed by atoms with van der Waals surface area (Å²) in [5, 5.41) is 7.48. The van der Waals surface area contributed by atoms with E-state index in [1.807, 2.05) is 24.4 Å². The van der Waals surface area contributed by atoms with Crippen molar-refractivity contribution in [3.8, 4) is 23.0 Å². The maximum Gasteiger partial charge on any atom is 2.00 e. The molecule has 0 radical (unpaired) electrons. The van der Waals surface area contributed by atoms with Crippen LogP contribution in [0.15, 0.2) is 78.5 Å². The van der Waals surface area contributed by atoms with E-state index in [1.165, 1.54) is 28.9 Å². The maximum absolute atomic E-state index is 6.53. The topological polar surface area (TPSA) is 44.9 Å². The average molecular weight is 788 g/mol. The van der Waals surface area contributed by atoms with Crippen LogP contribution in [0.25, 0.3) is 33.3 Å². The molecule has 0 bridgehead atoms. The first-order chi connectivity index (χ1) is 21.9. The Kier molecular flexibility index (Phi) is 9.08. The molecular formula is C40H40N4OPt. The Morgan fingerprint density at radius 2 is 1.72 bits per heavy atom. The molecule has 2 atom stereocenters. The number of rotatable bonds is 7. The summed E-state index contributed by atoms with van der Waals surface area (Å²) >= 11 is 0. The normalized spacial score (nSPS) is 16.4. The quantitative estimate of drug-likeness (QED) is 0.120. The molecule has 0 saturated carbocycles. The molecule has 0 aliphatic heterocycles. The molecule has 5 nitrogen and oxygen atoms in total. The van der Waals surface area contributed by atoms with E-state index in [9.17, 15) is 0 Å². The monoisotopic (exact) mass is 787 g/mol. The summed E-state index contributed by atoms with van der Waals surface area (Å²) in [5.74, 6) is 3.16. The second-order valence-electron chi connectivity index (χ2n) is 12.5. The van der Waals surface area contributed by atoms with Crippen LogP contribution in [-0.2, 0) is 33.9 Å². The Labute approximate surface area is 286 Å². The van der Waals surface area contributed by atoms with Crippen LogP contribution in [0.4, 0.5) is 0 Å². The van der Waals surface area contributed by atoms with Gasteiger partial charge in [0.1, 0.15) is 5.82 Å². The molecule has 0 fully saturated rings. The van der Waals surface area contributed by atoms with Gasteiger partial charge in [0, 0.05) is 40.4 Å². The fourth-order valence-electron chi connectivity index (χ4n) is 7.27. The predicted octanol–water partition coefficient (Wildman–Crippen LogP) is 9.96. The smallest absolute Gasteiger partial charge is 0.509 e. The van der Waals surface area contributed by atoms with E-state index in [4.69, 9.17) is 14.8 Å². The molecule has 236 valence electrons. The number of aromatic nitrogens is 4. The van der Waals surface area contributed by atoms with Crippen LogP contribution in [0.2, 0.25) is 0 Å². The summed E-state index contributed by atoms with van der Waals surface area (Å²) in [7, 11) is 0. The number of nitrogens with zero attached hydrogens (tertiary/aromatic N) is 4. The SMILES string of the molecule is CCc1nn(-c2[c-]c(Oc3[c-]c4c(cc3)c3ccccc3n4-c3cc(C)ccn3)cc(C)c2)c(CC)c1C1C(C)=CCC[C@@H]1C.[Pt+2]. The second-order valence-corrected chi connectivity index (χ2v) is 12.5. The third-order valence-electron chi connectivity index (χ3n) is 9.34. The van der Waals surface area contributed by atoms with Crippen LogP contribution in [0.3, 0.4) is 0 Å². The number of aryl methyl sites for hydroxylation is 3. The molecule has 3 aromatic heterocycles. The first-order valence-corrected chi connectivity index (χ1v) is 16.2. The van der Waals surface area contributed by atoms with Crippen molar-refractivity contribution in [2.24, 2.45) is 5.92 Å². The van der Waals surface area contributed by atoms with E-state index in [0.717, 1.165) is 63.7 Å². The first-order valence-electron chi connectivity index (χ1n) is 16.2. The Morgan fingerprint density at radius 3 is 2.48 bits per heavy atom. The summed E-state index contributed by atoms with van der Waals surface area (Å²) in [6, 6.07) is 28.0. The van der Waals surface area contributed by atoms with Gasteiger partial charge in [-0.2, -0.15) is 16.7 Å².